The van der Waals surface area contributed by atoms with Crippen LogP contribution in [0.1, 0.15) is 26.7 Å². The van der Waals surface area contributed by atoms with E-state index < -0.39 is 0 Å². The quantitative estimate of drug-likeness (QED) is 0.666. The second-order valence-corrected chi connectivity index (χ2v) is 4.94. The fourth-order valence-electron chi connectivity index (χ4n) is 1.70. The van der Waals surface area contributed by atoms with Crippen LogP contribution >= 0.6 is 0 Å². The lowest BCUT2D eigenvalue weighted by atomic mass is 10.0. The van der Waals surface area contributed by atoms with Gasteiger partial charge in [0.25, 0.3) is 0 Å². The molecule has 1 aliphatic rings. The zero-order chi connectivity index (χ0) is 9.90. The van der Waals surface area contributed by atoms with Gasteiger partial charge in [0.2, 0.25) is 0 Å². The van der Waals surface area contributed by atoms with E-state index in [-0.39, 0.29) is 5.54 Å². The summed E-state index contributed by atoms with van der Waals surface area (Å²) in [5.41, 5.74) is 5.87. The van der Waals surface area contributed by atoms with Gasteiger partial charge in [-0.05, 0) is 46.8 Å². The highest BCUT2D eigenvalue weighted by molar-refractivity contribution is 4.80. The highest BCUT2D eigenvalue weighted by atomic mass is 15.2. The number of nitrogens with one attached hydrogen (secondary N) is 1. The molecule has 0 aromatic heterocycles. The minimum atomic E-state index is -0.0303. The van der Waals surface area contributed by atoms with Gasteiger partial charge in [0.1, 0.15) is 0 Å². The predicted octanol–water partition coefficient (Wildman–Crippen LogP) is 0.408. The van der Waals surface area contributed by atoms with Crippen molar-refractivity contribution in [2.45, 2.75) is 38.3 Å². The molecule has 1 rings (SSSR count). The van der Waals surface area contributed by atoms with Crippen LogP contribution in [0.25, 0.3) is 0 Å². The van der Waals surface area contributed by atoms with Crippen molar-refractivity contribution in [3.05, 3.63) is 0 Å². The largest absolute Gasteiger partial charge is 0.326 e. The molecule has 0 radical (unpaired) electrons. The van der Waals surface area contributed by atoms with Crippen molar-refractivity contribution in [2.24, 2.45) is 5.73 Å². The number of hydrogen-bond acceptors (Lipinski definition) is 3. The van der Waals surface area contributed by atoms with Crippen LogP contribution in [0, 0.1) is 0 Å². The molecular weight excluding hydrogens is 162 g/mol. The molecule has 1 unspecified atom stereocenters. The van der Waals surface area contributed by atoms with E-state index in [0.29, 0.717) is 6.04 Å². The lowest BCUT2D eigenvalue weighted by molar-refractivity contribution is 0.386. The molecular formula is C10H23N3. The van der Waals surface area contributed by atoms with Crippen LogP contribution in [-0.4, -0.2) is 43.2 Å². The maximum absolute atomic E-state index is 5.90. The average Bonchev–Trinajstić information content (AvgIpc) is 2.33. The van der Waals surface area contributed by atoms with Crippen LogP contribution in [0.4, 0.5) is 0 Å². The van der Waals surface area contributed by atoms with Crippen molar-refractivity contribution in [3.8, 4) is 0 Å². The molecule has 1 fully saturated rings. The zero-order valence-corrected chi connectivity index (χ0v) is 9.14. The standard InChI is InChI=1S/C10H23N3/c1-10(2,11)5-6-12-9-4-7-13(3)8-9/h9,12H,4-8,11H2,1-3H3. The number of likely N-dealkylation sites (tertiary alicyclic amines) is 1. The molecule has 78 valence electrons. The van der Waals surface area contributed by atoms with E-state index in [1.165, 1.54) is 19.5 Å². The molecule has 0 aliphatic carbocycles. The van der Waals surface area contributed by atoms with Gasteiger partial charge in [-0.15, -0.1) is 0 Å². The molecule has 0 amide bonds. The summed E-state index contributed by atoms with van der Waals surface area (Å²) >= 11 is 0. The molecule has 0 aromatic carbocycles. The van der Waals surface area contributed by atoms with Crippen LogP contribution < -0.4 is 11.1 Å². The lowest BCUT2D eigenvalue weighted by Gasteiger charge is -2.20. The number of likely N-dealkylation sites (N-methyl/N-ethyl adjacent to an activating group) is 1. The molecule has 3 heteroatoms. The zero-order valence-electron chi connectivity index (χ0n) is 9.14. The Morgan fingerprint density at radius 2 is 2.23 bits per heavy atom. The number of rotatable bonds is 4. The molecule has 3 N–H and O–H groups in total. The highest BCUT2D eigenvalue weighted by Gasteiger charge is 2.19. The van der Waals surface area contributed by atoms with Gasteiger partial charge < -0.3 is 16.0 Å². The van der Waals surface area contributed by atoms with Gasteiger partial charge in [0.05, 0.1) is 0 Å². The summed E-state index contributed by atoms with van der Waals surface area (Å²) in [6.07, 6.45) is 2.33. The minimum absolute atomic E-state index is 0.0303. The smallest absolute Gasteiger partial charge is 0.0207 e. The number of nitrogens with two attached hydrogens (primary N) is 1. The molecule has 1 saturated heterocycles. The van der Waals surface area contributed by atoms with Crippen LogP contribution in [0.15, 0.2) is 0 Å². The Morgan fingerprint density at radius 1 is 1.54 bits per heavy atom. The third-order valence-electron chi connectivity index (χ3n) is 2.59. The summed E-state index contributed by atoms with van der Waals surface area (Å²) in [6.45, 7) is 7.61. The fourth-order valence-corrected chi connectivity index (χ4v) is 1.70. The first kappa shape index (κ1) is 11.0. The second-order valence-electron chi connectivity index (χ2n) is 4.94. The number of hydrogen-bond donors (Lipinski definition) is 2. The molecule has 0 bridgehead atoms. The van der Waals surface area contributed by atoms with E-state index >= 15 is 0 Å². The predicted molar refractivity (Wildman–Crippen MR) is 56.8 cm³/mol. The van der Waals surface area contributed by atoms with Gasteiger partial charge in [0.15, 0.2) is 0 Å². The van der Waals surface area contributed by atoms with Crippen molar-refractivity contribution in [3.63, 3.8) is 0 Å². The van der Waals surface area contributed by atoms with Gasteiger partial charge in [-0.2, -0.15) is 0 Å². The van der Waals surface area contributed by atoms with Crippen molar-refractivity contribution in [1.82, 2.24) is 10.2 Å². The molecule has 1 heterocycles. The summed E-state index contributed by atoms with van der Waals surface area (Å²) in [6, 6.07) is 0.687. The first-order chi connectivity index (χ1) is 5.97. The van der Waals surface area contributed by atoms with Crippen molar-refractivity contribution >= 4 is 0 Å². The summed E-state index contributed by atoms with van der Waals surface area (Å²) < 4.78 is 0. The third kappa shape index (κ3) is 4.60. The third-order valence-corrected chi connectivity index (χ3v) is 2.59. The second kappa shape index (κ2) is 4.40. The van der Waals surface area contributed by atoms with E-state index in [1.807, 2.05) is 0 Å². The highest BCUT2D eigenvalue weighted by Crippen LogP contribution is 2.07. The Bertz CT molecular complexity index is 151. The van der Waals surface area contributed by atoms with E-state index in [9.17, 15) is 0 Å². The van der Waals surface area contributed by atoms with E-state index in [1.54, 1.807) is 0 Å². The molecule has 0 aromatic rings. The summed E-state index contributed by atoms with van der Waals surface area (Å²) in [7, 11) is 2.18. The summed E-state index contributed by atoms with van der Waals surface area (Å²) in [5, 5.41) is 3.55. The Balaban J connectivity index is 2.07. The van der Waals surface area contributed by atoms with E-state index in [0.717, 1.165) is 13.0 Å². The Hall–Kier alpha value is -0.120. The van der Waals surface area contributed by atoms with Crippen LogP contribution in [0.2, 0.25) is 0 Å². The van der Waals surface area contributed by atoms with Crippen molar-refractivity contribution < 1.29 is 0 Å². The molecule has 13 heavy (non-hydrogen) atoms. The van der Waals surface area contributed by atoms with Gasteiger partial charge in [-0.25, -0.2) is 0 Å². The average molecular weight is 185 g/mol. The molecule has 1 aliphatic heterocycles. The molecule has 1 atom stereocenters. The minimum Gasteiger partial charge on any atom is -0.326 e. The fraction of sp³-hybridized carbons (Fsp3) is 1.00. The van der Waals surface area contributed by atoms with Crippen molar-refractivity contribution in [1.29, 1.82) is 0 Å². The van der Waals surface area contributed by atoms with E-state index in [2.05, 4.69) is 31.1 Å². The summed E-state index contributed by atoms with van der Waals surface area (Å²) in [4.78, 5) is 2.37. The van der Waals surface area contributed by atoms with Gasteiger partial charge in [-0.3, -0.25) is 0 Å². The number of nitrogens with zero attached hydrogens (tertiary/aromatic N) is 1. The Kier molecular flexibility index (Phi) is 3.71. The first-order valence-corrected chi connectivity index (χ1v) is 5.18. The maximum atomic E-state index is 5.90. The SMILES string of the molecule is CN1CCC(NCCC(C)(C)N)C1. The molecule has 3 nitrogen and oxygen atoms in total. The molecule has 0 saturated carbocycles. The van der Waals surface area contributed by atoms with E-state index in [4.69, 9.17) is 5.73 Å². The normalized spacial score (nSPS) is 25.4. The summed E-state index contributed by atoms with van der Waals surface area (Å²) in [5.74, 6) is 0. The first-order valence-electron chi connectivity index (χ1n) is 5.18. The van der Waals surface area contributed by atoms with Gasteiger partial charge >= 0.3 is 0 Å². The molecule has 0 spiro atoms. The maximum Gasteiger partial charge on any atom is 0.0207 e. The van der Waals surface area contributed by atoms with Gasteiger partial charge in [0, 0.05) is 18.1 Å². The van der Waals surface area contributed by atoms with Crippen LogP contribution in [0.5, 0.6) is 0 Å². The Labute approximate surface area is 81.7 Å². The Morgan fingerprint density at radius 3 is 2.69 bits per heavy atom. The van der Waals surface area contributed by atoms with Crippen LogP contribution in [0.3, 0.4) is 0 Å². The van der Waals surface area contributed by atoms with Crippen molar-refractivity contribution in [2.75, 3.05) is 26.7 Å². The lowest BCUT2D eigenvalue weighted by Crippen LogP contribution is -2.39. The van der Waals surface area contributed by atoms with Gasteiger partial charge in [-0.1, -0.05) is 0 Å². The topological polar surface area (TPSA) is 41.3 Å². The van der Waals surface area contributed by atoms with Crippen LogP contribution in [-0.2, 0) is 0 Å². The monoisotopic (exact) mass is 185 g/mol.